The maximum Gasteiger partial charge on any atom is 0.255 e. The summed E-state index contributed by atoms with van der Waals surface area (Å²) in [5.41, 5.74) is 1.53. The highest BCUT2D eigenvalue weighted by Crippen LogP contribution is 2.24. The first-order chi connectivity index (χ1) is 9.56. The van der Waals surface area contributed by atoms with Crippen LogP contribution in [0.1, 0.15) is 23.7 Å². The zero-order valence-electron chi connectivity index (χ0n) is 11.3. The van der Waals surface area contributed by atoms with Crippen molar-refractivity contribution in [2.45, 2.75) is 32.0 Å². The Morgan fingerprint density at radius 2 is 2.15 bits per heavy atom. The molecular weight excluding hydrogens is 254 g/mol. The highest BCUT2D eigenvalue weighted by molar-refractivity contribution is 5.85. The minimum Gasteiger partial charge on any atom is -0.380 e. The predicted molar refractivity (Wildman–Crippen MR) is 73.6 cm³/mol. The molecule has 1 unspecified atom stereocenters. The zero-order valence-corrected chi connectivity index (χ0v) is 11.3. The van der Waals surface area contributed by atoms with Gasteiger partial charge in [-0.25, -0.2) is 0 Å². The molecule has 1 amide bonds. The second kappa shape index (κ2) is 4.76. The lowest BCUT2D eigenvalue weighted by molar-refractivity contribution is -0.150. The van der Waals surface area contributed by atoms with E-state index in [1.807, 2.05) is 30.3 Å². The molecule has 0 aliphatic carbocycles. The molecule has 0 fully saturated rings. The lowest BCUT2D eigenvalue weighted by Gasteiger charge is -2.28. The molecule has 0 bridgehead atoms. The molecule has 20 heavy (non-hydrogen) atoms. The molecule has 2 heterocycles. The van der Waals surface area contributed by atoms with Gasteiger partial charge in [0, 0.05) is 18.5 Å². The topological polar surface area (TPSA) is 69.2 Å². The van der Waals surface area contributed by atoms with E-state index in [0.29, 0.717) is 19.5 Å². The highest BCUT2D eigenvalue weighted by Gasteiger charge is 2.37. The minimum absolute atomic E-state index is 0.244. The number of hydrogen-bond donors (Lipinski definition) is 2. The van der Waals surface area contributed by atoms with Crippen molar-refractivity contribution in [2.75, 3.05) is 0 Å². The molecule has 1 aromatic carbocycles. The lowest BCUT2D eigenvalue weighted by Crippen LogP contribution is -2.46. The van der Waals surface area contributed by atoms with Crippen LogP contribution in [0.2, 0.25) is 0 Å². The van der Waals surface area contributed by atoms with Crippen molar-refractivity contribution in [3.8, 4) is 0 Å². The molecule has 1 aliphatic rings. The molecule has 1 aliphatic heterocycles. The van der Waals surface area contributed by atoms with Crippen LogP contribution in [-0.4, -0.2) is 31.7 Å². The van der Waals surface area contributed by atoms with Gasteiger partial charge in [0.25, 0.3) is 5.91 Å². The van der Waals surface area contributed by atoms with Crippen molar-refractivity contribution in [1.82, 2.24) is 15.1 Å². The van der Waals surface area contributed by atoms with Crippen LogP contribution in [0.5, 0.6) is 0 Å². The first-order valence-corrected chi connectivity index (χ1v) is 6.63. The van der Waals surface area contributed by atoms with Crippen molar-refractivity contribution < 1.29 is 9.90 Å². The Labute approximate surface area is 117 Å². The van der Waals surface area contributed by atoms with E-state index in [1.165, 1.54) is 0 Å². The summed E-state index contributed by atoms with van der Waals surface area (Å²) in [5, 5.41) is 17.3. The third-order valence-electron chi connectivity index (χ3n) is 3.66. The summed E-state index contributed by atoms with van der Waals surface area (Å²) < 4.78 is 0. The van der Waals surface area contributed by atoms with Crippen molar-refractivity contribution >= 4 is 5.91 Å². The fourth-order valence-corrected chi connectivity index (χ4v) is 2.62. The first-order valence-electron chi connectivity index (χ1n) is 6.63. The molecule has 0 saturated heterocycles. The molecular formula is C15H17N3O2. The van der Waals surface area contributed by atoms with E-state index in [9.17, 15) is 9.90 Å². The smallest absolute Gasteiger partial charge is 0.255 e. The lowest BCUT2D eigenvalue weighted by atomic mass is 9.95. The fourth-order valence-electron chi connectivity index (χ4n) is 2.62. The van der Waals surface area contributed by atoms with Crippen LogP contribution < -0.4 is 0 Å². The molecule has 0 spiro atoms. The van der Waals surface area contributed by atoms with Gasteiger partial charge in [-0.15, -0.1) is 0 Å². The number of carbonyl (C=O) groups excluding carboxylic acids is 1. The van der Waals surface area contributed by atoms with Gasteiger partial charge in [-0.2, -0.15) is 5.10 Å². The van der Waals surface area contributed by atoms with E-state index in [4.69, 9.17) is 0 Å². The number of fused-ring (bicyclic) bond motifs is 1. The molecule has 1 atom stereocenters. The zero-order chi connectivity index (χ0) is 14.2. The summed E-state index contributed by atoms with van der Waals surface area (Å²) in [6, 6.07) is 9.56. The summed E-state index contributed by atoms with van der Waals surface area (Å²) in [6.45, 7) is 2.57. The van der Waals surface area contributed by atoms with Gasteiger partial charge in [0.1, 0.15) is 5.60 Å². The maximum absolute atomic E-state index is 12.5. The Morgan fingerprint density at radius 1 is 1.40 bits per heavy atom. The number of aromatic amines is 1. The van der Waals surface area contributed by atoms with Crippen molar-refractivity contribution in [2.24, 2.45) is 0 Å². The summed E-state index contributed by atoms with van der Waals surface area (Å²) in [7, 11) is 0. The molecule has 1 aromatic heterocycles. The van der Waals surface area contributed by atoms with Gasteiger partial charge in [0.05, 0.1) is 18.4 Å². The van der Waals surface area contributed by atoms with E-state index < -0.39 is 5.60 Å². The SMILES string of the molecule is CC(O)(Cc1ccccc1)C(=O)N1Cc2cn[nH]c2C1. The van der Waals surface area contributed by atoms with Crippen LogP contribution in [0, 0.1) is 0 Å². The van der Waals surface area contributed by atoms with Gasteiger partial charge in [-0.05, 0) is 12.5 Å². The Hall–Kier alpha value is -2.14. The molecule has 0 radical (unpaired) electrons. The number of rotatable bonds is 3. The van der Waals surface area contributed by atoms with Crippen molar-refractivity contribution in [3.05, 3.63) is 53.3 Å². The average Bonchev–Trinajstić information content (AvgIpc) is 2.99. The number of benzene rings is 1. The van der Waals surface area contributed by atoms with Crippen molar-refractivity contribution in [1.29, 1.82) is 0 Å². The van der Waals surface area contributed by atoms with Gasteiger partial charge >= 0.3 is 0 Å². The molecule has 5 heteroatoms. The van der Waals surface area contributed by atoms with Crippen molar-refractivity contribution in [3.63, 3.8) is 0 Å². The molecule has 0 saturated carbocycles. The number of aliphatic hydroxyl groups is 1. The Kier molecular flexibility index (Phi) is 3.06. The van der Waals surface area contributed by atoms with Crippen LogP contribution in [0.3, 0.4) is 0 Å². The van der Waals surface area contributed by atoms with Crippen LogP contribution >= 0.6 is 0 Å². The normalized spacial score (nSPS) is 16.8. The second-order valence-corrected chi connectivity index (χ2v) is 5.47. The van der Waals surface area contributed by atoms with E-state index >= 15 is 0 Å². The summed E-state index contributed by atoms with van der Waals surface area (Å²) in [4.78, 5) is 14.1. The number of nitrogens with zero attached hydrogens (tertiary/aromatic N) is 2. The molecule has 5 nitrogen and oxygen atoms in total. The van der Waals surface area contributed by atoms with Crippen LogP contribution in [0.25, 0.3) is 0 Å². The van der Waals surface area contributed by atoms with E-state index in [-0.39, 0.29) is 5.91 Å². The largest absolute Gasteiger partial charge is 0.380 e. The van der Waals surface area contributed by atoms with E-state index in [0.717, 1.165) is 16.8 Å². The second-order valence-electron chi connectivity index (χ2n) is 5.47. The maximum atomic E-state index is 12.5. The van der Waals surface area contributed by atoms with E-state index in [1.54, 1.807) is 18.0 Å². The Morgan fingerprint density at radius 3 is 2.85 bits per heavy atom. The summed E-state index contributed by atoms with van der Waals surface area (Å²) in [6.07, 6.45) is 2.05. The highest BCUT2D eigenvalue weighted by atomic mass is 16.3. The third-order valence-corrected chi connectivity index (χ3v) is 3.66. The number of amides is 1. The Balaban J connectivity index is 1.72. The third kappa shape index (κ3) is 2.32. The summed E-state index contributed by atoms with van der Waals surface area (Å²) >= 11 is 0. The van der Waals surface area contributed by atoms with Gasteiger partial charge < -0.3 is 10.0 Å². The Bertz CT molecular complexity index is 599. The predicted octanol–water partition coefficient (Wildman–Crippen LogP) is 1.25. The quantitative estimate of drug-likeness (QED) is 0.882. The number of hydrogen-bond acceptors (Lipinski definition) is 3. The number of aromatic nitrogens is 2. The van der Waals surface area contributed by atoms with Crippen LogP contribution in [0.15, 0.2) is 36.5 Å². The number of nitrogens with one attached hydrogen (secondary N) is 1. The molecule has 104 valence electrons. The van der Waals surface area contributed by atoms with E-state index in [2.05, 4.69) is 10.2 Å². The molecule has 2 aromatic rings. The van der Waals surface area contributed by atoms with Gasteiger partial charge in [0.2, 0.25) is 0 Å². The standard InChI is InChI=1S/C15H17N3O2/c1-15(20,7-11-5-3-2-4-6-11)14(19)18-9-12-8-16-17-13(12)10-18/h2-6,8,20H,7,9-10H2,1H3,(H,16,17). The van der Waals surface area contributed by atoms with Gasteiger partial charge in [0.15, 0.2) is 0 Å². The minimum atomic E-state index is -1.39. The number of carbonyl (C=O) groups is 1. The van der Waals surface area contributed by atoms with Gasteiger partial charge in [-0.3, -0.25) is 9.89 Å². The number of H-pyrrole nitrogens is 1. The molecule has 2 N–H and O–H groups in total. The first kappa shape index (κ1) is 12.9. The molecule has 3 rings (SSSR count). The van der Waals surface area contributed by atoms with Gasteiger partial charge in [-0.1, -0.05) is 30.3 Å². The average molecular weight is 271 g/mol. The van der Waals surface area contributed by atoms with Crippen LogP contribution in [-0.2, 0) is 24.3 Å². The summed E-state index contributed by atoms with van der Waals surface area (Å²) in [5.74, 6) is -0.244. The monoisotopic (exact) mass is 271 g/mol. The van der Waals surface area contributed by atoms with Crippen LogP contribution in [0.4, 0.5) is 0 Å². The fraction of sp³-hybridized carbons (Fsp3) is 0.333.